The summed E-state index contributed by atoms with van der Waals surface area (Å²) < 4.78 is 4.89. The van der Waals surface area contributed by atoms with Crippen LogP contribution in [0.2, 0.25) is 0 Å². The van der Waals surface area contributed by atoms with E-state index >= 15 is 0 Å². The Morgan fingerprint density at radius 1 is 0.306 bits per heavy atom. The number of rotatable bonds is 7. The van der Waals surface area contributed by atoms with Crippen molar-refractivity contribution in [1.29, 1.82) is 0 Å². The molecule has 4 heterocycles. The van der Waals surface area contributed by atoms with Gasteiger partial charge in [-0.25, -0.2) is 19.9 Å². The van der Waals surface area contributed by atoms with Crippen molar-refractivity contribution in [2.45, 2.75) is 0 Å². The second-order valence-electron chi connectivity index (χ2n) is 15.4. The monoisotopic (exact) mass is 809 g/mol. The fourth-order valence-corrected chi connectivity index (χ4v) is 9.82. The number of nitrogens with zero attached hydrogens (tertiary/aromatic N) is 5. The summed E-state index contributed by atoms with van der Waals surface area (Å²) in [6.45, 7) is 0. The minimum Gasteiger partial charge on any atom is -0.307 e. The molecule has 5 nitrogen and oxygen atoms in total. The Morgan fingerprint density at radius 2 is 0.823 bits per heavy atom. The highest BCUT2D eigenvalue weighted by Gasteiger charge is 2.23. The van der Waals surface area contributed by atoms with Crippen LogP contribution in [0.3, 0.4) is 0 Å². The molecule has 8 aromatic carbocycles. The number of pyridine rings is 1. The van der Waals surface area contributed by atoms with Gasteiger partial charge in [0, 0.05) is 47.6 Å². The Labute approximate surface area is 361 Å². The zero-order chi connectivity index (χ0) is 41.0. The highest BCUT2D eigenvalue weighted by Crippen LogP contribution is 2.42. The van der Waals surface area contributed by atoms with Gasteiger partial charge in [-0.2, -0.15) is 0 Å². The predicted molar refractivity (Wildman–Crippen MR) is 257 cm³/mol. The number of hydrogen-bond donors (Lipinski definition) is 0. The van der Waals surface area contributed by atoms with Crippen LogP contribution in [-0.4, -0.2) is 24.5 Å². The van der Waals surface area contributed by atoms with E-state index in [4.69, 9.17) is 19.9 Å². The van der Waals surface area contributed by atoms with Gasteiger partial charge in [0.05, 0.1) is 22.4 Å². The normalized spacial score (nSPS) is 11.5. The van der Waals surface area contributed by atoms with Crippen LogP contribution in [0, 0.1) is 0 Å². The number of aromatic nitrogens is 5. The van der Waals surface area contributed by atoms with Gasteiger partial charge < -0.3 is 4.57 Å². The molecule has 290 valence electrons. The molecule has 4 aromatic heterocycles. The third-order valence-electron chi connectivity index (χ3n) is 11.6. The Kier molecular flexibility index (Phi) is 8.61. The van der Waals surface area contributed by atoms with Crippen LogP contribution in [0.5, 0.6) is 0 Å². The van der Waals surface area contributed by atoms with E-state index in [0.29, 0.717) is 23.2 Å². The van der Waals surface area contributed by atoms with Crippen molar-refractivity contribution < 1.29 is 0 Å². The maximum absolute atomic E-state index is 5.65. The van der Waals surface area contributed by atoms with Crippen LogP contribution >= 0.6 is 11.3 Å². The fourth-order valence-electron chi connectivity index (χ4n) is 8.69. The molecule has 62 heavy (non-hydrogen) atoms. The van der Waals surface area contributed by atoms with E-state index < -0.39 is 0 Å². The van der Waals surface area contributed by atoms with Gasteiger partial charge in [-0.05, 0) is 76.9 Å². The third kappa shape index (κ3) is 6.24. The van der Waals surface area contributed by atoms with Crippen LogP contribution in [0.4, 0.5) is 0 Å². The molecule has 0 saturated heterocycles. The number of fused-ring (bicyclic) bond motifs is 6. The molecule has 0 unspecified atom stereocenters. The molecule has 0 aliphatic carbocycles. The van der Waals surface area contributed by atoms with Crippen molar-refractivity contribution in [2.24, 2.45) is 0 Å². The van der Waals surface area contributed by atoms with Gasteiger partial charge in [0.25, 0.3) is 0 Å². The van der Waals surface area contributed by atoms with Crippen molar-refractivity contribution in [2.75, 3.05) is 0 Å². The molecular weight excluding hydrogens is 775 g/mol. The van der Waals surface area contributed by atoms with E-state index in [1.807, 2.05) is 72.0 Å². The van der Waals surface area contributed by atoms with Gasteiger partial charge in [-0.15, -0.1) is 11.3 Å². The summed E-state index contributed by atoms with van der Waals surface area (Å²) in [7, 11) is 0. The van der Waals surface area contributed by atoms with Crippen molar-refractivity contribution in [3.63, 3.8) is 0 Å². The smallest absolute Gasteiger partial charge is 0.184 e. The topological polar surface area (TPSA) is 56.5 Å². The molecule has 0 saturated carbocycles. The highest BCUT2D eigenvalue weighted by molar-refractivity contribution is 7.25. The summed E-state index contributed by atoms with van der Waals surface area (Å²) in [5.41, 5.74) is 11.8. The number of para-hydroxylation sites is 1. The molecule has 0 amide bonds. The summed E-state index contributed by atoms with van der Waals surface area (Å²) in [6.07, 6.45) is 0. The molecule has 12 rings (SSSR count). The highest BCUT2D eigenvalue weighted by atomic mass is 32.1. The van der Waals surface area contributed by atoms with E-state index in [0.717, 1.165) is 61.4 Å². The van der Waals surface area contributed by atoms with Crippen LogP contribution < -0.4 is 0 Å². The van der Waals surface area contributed by atoms with E-state index in [-0.39, 0.29) is 0 Å². The quantitative estimate of drug-likeness (QED) is 0.161. The minimum atomic E-state index is 0.491. The lowest BCUT2D eigenvalue weighted by Crippen LogP contribution is -2.06. The molecule has 0 radical (unpaired) electrons. The summed E-state index contributed by atoms with van der Waals surface area (Å²) in [4.78, 5) is 21.3. The van der Waals surface area contributed by atoms with E-state index in [1.54, 1.807) is 0 Å². The summed E-state index contributed by atoms with van der Waals surface area (Å²) in [6, 6.07) is 74.5. The number of hydrogen-bond acceptors (Lipinski definition) is 5. The van der Waals surface area contributed by atoms with Crippen molar-refractivity contribution in [3.05, 3.63) is 212 Å². The van der Waals surface area contributed by atoms with Gasteiger partial charge in [0.2, 0.25) is 0 Å². The predicted octanol–water partition coefficient (Wildman–Crippen LogP) is 14.7. The minimum absolute atomic E-state index is 0.491. The van der Waals surface area contributed by atoms with E-state index in [1.165, 1.54) is 30.9 Å². The Balaban J connectivity index is 1.17. The lowest BCUT2D eigenvalue weighted by Gasteiger charge is -2.16. The van der Waals surface area contributed by atoms with Crippen LogP contribution in [0.1, 0.15) is 0 Å². The average Bonchev–Trinajstić information content (AvgIpc) is 3.88. The first-order valence-electron chi connectivity index (χ1n) is 20.7. The largest absolute Gasteiger partial charge is 0.307 e. The van der Waals surface area contributed by atoms with Crippen LogP contribution in [0.15, 0.2) is 212 Å². The third-order valence-corrected chi connectivity index (χ3v) is 12.8. The Bertz CT molecular complexity index is 3500. The zero-order valence-corrected chi connectivity index (χ0v) is 34.2. The number of thiophene rings is 1. The Morgan fingerprint density at radius 3 is 1.45 bits per heavy atom. The SMILES string of the molecule is c1ccc(-c2cc(-c3ccccc3)cc(-c3ccc(-n4c5ccccc5c5cc6sc7ccccc7c6cc54)c(-c4nc(-c5ccccc5)nc(-c5ccccc5)n4)n3)c2)cc1. The standard InChI is InChI=1S/C56H35N5S/c1-5-17-36(18-6-1)40-31-41(37-19-7-2-8-20-37)33-42(32-40)47-29-30-49(53(57-47)56-59-54(38-21-9-3-10-22-38)58-55(60-56)39-23-11-4-12-24-39)61-48-27-15-13-25-43(48)45-35-52-46(34-50(45)61)44-26-14-16-28-51(44)62-52/h1-35H. The van der Waals surface area contributed by atoms with Gasteiger partial charge in [0.15, 0.2) is 17.5 Å². The first kappa shape index (κ1) is 35.8. The van der Waals surface area contributed by atoms with Crippen LogP contribution in [-0.2, 0) is 0 Å². The molecule has 0 spiro atoms. The maximum atomic E-state index is 5.65. The molecule has 0 atom stereocenters. The van der Waals surface area contributed by atoms with Crippen LogP contribution in [0.25, 0.3) is 115 Å². The molecule has 0 aliphatic rings. The molecular formula is C56H35N5S. The molecule has 0 N–H and O–H groups in total. The maximum Gasteiger partial charge on any atom is 0.184 e. The molecule has 0 fully saturated rings. The summed E-state index contributed by atoms with van der Waals surface area (Å²) >= 11 is 1.84. The Hall–Kier alpha value is -8.06. The van der Waals surface area contributed by atoms with Gasteiger partial charge in [-0.3, -0.25) is 0 Å². The second-order valence-corrected chi connectivity index (χ2v) is 16.5. The molecule has 12 aromatic rings. The van der Waals surface area contributed by atoms with E-state index in [2.05, 4.69) is 156 Å². The lowest BCUT2D eigenvalue weighted by atomic mass is 9.95. The van der Waals surface area contributed by atoms with Gasteiger partial charge in [0.1, 0.15) is 5.69 Å². The molecule has 0 aliphatic heterocycles. The first-order chi connectivity index (χ1) is 30.7. The molecule has 0 bridgehead atoms. The summed E-state index contributed by atoms with van der Waals surface area (Å²) in [5.74, 6) is 1.66. The van der Waals surface area contributed by atoms with Crippen molar-refractivity contribution >= 4 is 53.3 Å². The molecule has 6 heteroatoms. The van der Waals surface area contributed by atoms with E-state index in [9.17, 15) is 0 Å². The fraction of sp³-hybridized carbons (Fsp3) is 0. The lowest BCUT2D eigenvalue weighted by molar-refractivity contribution is 1.04. The first-order valence-corrected chi connectivity index (χ1v) is 21.5. The summed E-state index contributed by atoms with van der Waals surface area (Å²) in [5, 5.41) is 4.84. The van der Waals surface area contributed by atoms with Crippen molar-refractivity contribution in [3.8, 4) is 73.5 Å². The second kappa shape index (κ2) is 14.9. The van der Waals surface area contributed by atoms with Gasteiger partial charge in [-0.1, -0.05) is 158 Å². The zero-order valence-electron chi connectivity index (χ0n) is 33.4. The van der Waals surface area contributed by atoms with Crippen molar-refractivity contribution in [1.82, 2.24) is 24.5 Å². The number of benzene rings is 8. The van der Waals surface area contributed by atoms with Gasteiger partial charge >= 0.3 is 0 Å². The average molecular weight is 810 g/mol.